The van der Waals surface area contributed by atoms with E-state index in [0.717, 1.165) is 23.5 Å². The highest BCUT2D eigenvalue weighted by atomic mass is 15.3. The molecule has 19 heavy (non-hydrogen) atoms. The summed E-state index contributed by atoms with van der Waals surface area (Å²) >= 11 is 0. The average molecular weight is 254 g/mol. The van der Waals surface area contributed by atoms with Crippen LogP contribution in [0.25, 0.3) is 0 Å². The van der Waals surface area contributed by atoms with E-state index in [-0.39, 0.29) is 0 Å². The maximum absolute atomic E-state index is 9.12. The van der Waals surface area contributed by atoms with E-state index in [9.17, 15) is 0 Å². The van der Waals surface area contributed by atoms with E-state index in [1.807, 2.05) is 42.9 Å². The fourth-order valence-corrected chi connectivity index (χ4v) is 2.25. The third-order valence-corrected chi connectivity index (χ3v) is 3.34. The second-order valence-corrected chi connectivity index (χ2v) is 4.61. The molecule has 0 unspecified atom stereocenters. The molecule has 2 aromatic rings. The Hall–Kier alpha value is -2.12. The number of aromatic nitrogens is 2. The Labute approximate surface area is 113 Å². The molecule has 0 bridgehead atoms. The monoisotopic (exact) mass is 254 g/mol. The maximum atomic E-state index is 9.12. The molecule has 0 aliphatic rings. The lowest BCUT2D eigenvalue weighted by Gasteiger charge is -2.07. The van der Waals surface area contributed by atoms with Crippen molar-refractivity contribution >= 4 is 0 Å². The molecular weight excluding hydrogens is 236 g/mol. The molecule has 0 fully saturated rings. The van der Waals surface area contributed by atoms with Crippen LogP contribution in [0.5, 0.6) is 0 Å². The lowest BCUT2D eigenvalue weighted by molar-refractivity contribution is 0.656. The molecule has 1 aromatic carbocycles. The van der Waals surface area contributed by atoms with Crippen LogP contribution in [0.4, 0.5) is 0 Å². The Bertz CT molecular complexity index is 620. The van der Waals surface area contributed by atoms with Crippen LogP contribution >= 0.6 is 0 Å². The number of nitriles is 1. The van der Waals surface area contributed by atoms with Crippen LogP contribution in [0.1, 0.15) is 28.1 Å². The molecule has 0 atom stereocenters. The van der Waals surface area contributed by atoms with Crippen molar-refractivity contribution in [1.29, 1.82) is 5.26 Å². The van der Waals surface area contributed by atoms with Gasteiger partial charge in [-0.25, -0.2) is 0 Å². The van der Waals surface area contributed by atoms with Gasteiger partial charge in [0.2, 0.25) is 0 Å². The first-order valence-corrected chi connectivity index (χ1v) is 6.33. The van der Waals surface area contributed by atoms with Gasteiger partial charge in [0.25, 0.3) is 0 Å². The number of nitrogens with zero attached hydrogens (tertiary/aromatic N) is 3. The Morgan fingerprint density at radius 2 is 2.05 bits per heavy atom. The lowest BCUT2D eigenvalue weighted by Crippen LogP contribution is -2.09. The summed E-state index contributed by atoms with van der Waals surface area (Å²) in [6.07, 6.45) is 0. The SMILES string of the molecule is CNCc1c(C)nn(Cc2ccccc2C#N)c1C. The highest BCUT2D eigenvalue weighted by Gasteiger charge is 2.11. The topological polar surface area (TPSA) is 53.6 Å². The normalized spacial score (nSPS) is 10.4. The molecule has 4 heteroatoms. The zero-order chi connectivity index (χ0) is 13.8. The molecule has 1 N–H and O–H groups in total. The van der Waals surface area contributed by atoms with Crippen LogP contribution in [-0.4, -0.2) is 16.8 Å². The molecule has 98 valence electrons. The van der Waals surface area contributed by atoms with E-state index >= 15 is 0 Å². The Kier molecular flexibility index (Phi) is 3.98. The van der Waals surface area contributed by atoms with Crippen molar-refractivity contribution in [3.63, 3.8) is 0 Å². The highest BCUT2D eigenvalue weighted by Crippen LogP contribution is 2.16. The summed E-state index contributed by atoms with van der Waals surface area (Å²) in [7, 11) is 1.93. The van der Waals surface area contributed by atoms with E-state index in [0.29, 0.717) is 12.1 Å². The summed E-state index contributed by atoms with van der Waals surface area (Å²) in [4.78, 5) is 0. The lowest BCUT2D eigenvalue weighted by atomic mass is 10.1. The van der Waals surface area contributed by atoms with Gasteiger partial charge >= 0.3 is 0 Å². The first-order chi connectivity index (χ1) is 9.17. The number of rotatable bonds is 4. The van der Waals surface area contributed by atoms with Gasteiger partial charge in [0.1, 0.15) is 0 Å². The van der Waals surface area contributed by atoms with E-state index < -0.39 is 0 Å². The quantitative estimate of drug-likeness (QED) is 0.909. The van der Waals surface area contributed by atoms with Crippen LogP contribution in [0.2, 0.25) is 0 Å². The molecule has 1 aromatic heterocycles. The molecule has 0 radical (unpaired) electrons. The van der Waals surface area contributed by atoms with E-state index in [1.165, 1.54) is 5.56 Å². The van der Waals surface area contributed by atoms with Gasteiger partial charge in [-0.05, 0) is 32.5 Å². The van der Waals surface area contributed by atoms with Crippen molar-refractivity contribution < 1.29 is 0 Å². The highest BCUT2D eigenvalue weighted by molar-refractivity contribution is 5.38. The molecule has 0 amide bonds. The number of aryl methyl sites for hydroxylation is 1. The number of hydrogen-bond acceptors (Lipinski definition) is 3. The average Bonchev–Trinajstić information content (AvgIpc) is 2.67. The molecule has 0 aliphatic heterocycles. The molecular formula is C15H18N4. The second-order valence-electron chi connectivity index (χ2n) is 4.61. The van der Waals surface area contributed by atoms with Crippen molar-refractivity contribution in [1.82, 2.24) is 15.1 Å². The fraction of sp³-hybridized carbons (Fsp3) is 0.333. The third-order valence-electron chi connectivity index (χ3n) is 3.34. The van der Waals surface area contributed by atoms with Crippen LogP contribution in [0, 0.1) is 25.2 Å². The van der Waals surface area contributed by atoms with Gasteiger partial charge < -0.3 is 5.32 Å². The van der Waals surface area contributed by atoms with Gasteiger partial charge in [-0.1, -0.05) is 18.2 Å². The first-order valence-electron chi connectivity index (χ1n) is 6.33. The van der Waals surface area contributed by atoms with Gasteiger partial charge in [0.05, 0.1) is 23.9 Å². The van der Waals surface area contributed by atoms with Gasteiger partial charge in [-0.15, -0.1) is 0 Å². The van der Waals surface area contributed by atoms with E-state index in [4.69, 9.17) is 5.26 Å². The zero-order valence-corrected chi connectivity index (χ0v) is 11.6. The first kappa shape index (κ1) is 13.3. The summed E-state index contributed by atoms with van der Waals surface area (Å²) in [6, 6.07) is 9.89. The molecule has 0 aliphatic carbocycles. The second kappa shape index (κ2) is 5.68. The summed E-state index contributed by atoms with van der Waals surface area (Å²) < 4.78 is 1.97. The van der Waals surface area contributed by atoms with Crippen molar-refractivity contribution in [3.8, 4) is 6.07 Å². The Morgan fingerprint density at radius 1 is 1.32 bits per heavy atom. The van der Waals surface area contributed by atoms with Gasteiger partial charge in [0, 0.05) is 17.8 Å². The smallest absolute Gasteiger partial charge is 0.0995 e. The predicted molar refractivity (Wildman–Crippen MR) is 74.7 cm³/mol. The van der Waals surface area contributed by atoms with Crippen molar-refractivity contribution in [2.75, 3.05) is 7.05 Å². The van der Waals surface area contributed by atoms with Gasteiger partial charge in [-0.2, -0.15) is 10.4 Å². The molecule has 0 saturated carbocycles. The van der Waals surface area contributed by atoms with Crippen LogP contribution in [-0.2, 0) is 13.1 Å². The minimum Gasteiger partial charge on any atom is -0.316 e. The van der Waals surface area contributed by atoms with Crippen molar-refractivity contribution in [2.45, 2.75) is 26.9 Å². The van der Waals surface area contributed by atoms with Crippen LogP contribution < -0.4 is 5.32 Å². The van der Waals surface area contributed by atoms with Crippen LogP contribution in [0.15, 0.2) is 24.3 Å². The summed E-state index contributed by atoms with van der Waals surface area (Å²) in [5.41, 5.74) is 5.15. The van der Waals surface area contributed by atoms with Crippen molar-refractivity contribution in [2.24, 2.45) is 0 Å². The maximum Gasteiger partial charge on any atom is 0.0995 e. The number of hydrogen-bond donors (Lipinski definition) is 1. The fourth-order valence-electron chi connectivity index (χ4n) is 2.25. The van der Waals surface area contributed by atoms with E-state index in [2.05, 4.69) is 23.4 Å². The standard InChI is InChI=1S/C15H18N4/c1-11-15(9-17-3)12(2)19(18-11)10-14-7-5-4-6-13(14)8-16/h4-7,17H,9-10H2,1-3H3. The largest absolute Gasteiger partial charge is 0.316 e. The third kappa shape index (κ3) is 2.67. The number of nitrogens with one attached hydrogen (secondary N) is 1. The summed E-state index contributed by atoms with van der Waals surface area (Å²) in [5, 5.41) is 16.8. The molecule has 2 rings (SSSR count). The predicted octanol–water partition coefficient (Wildman–Crippen LogP) is 2.14. The van der Waals surface area contributed by atoms with Crippen LogP contribution in [0.3, 0.4) is 0 Å². The molecule has 0 spiro atoms. The minimum absolute atomic E-state index is 0.639. The summed E-state index contributed by atoms with van der Waals surface area (Å²) in [5.74, 6) is 0. The number of benzene rings is 1. The molecule has 1 heterocycles. The summed E-state index contributed by atoms with van der Waals surface area (Å²) in [6.45, 7) is 5.55. The molecule has 4 nitrogen and oxygen atoms in total. The van der Waals surface area contributed by atoms with Gasteiger partial charge in [0.15, 0.2) is 0 Å². The minimum atomic E-state index is 0.639. The Morgan fingerprint density at radius 3 is 2.74 bits per heavy atom. The Balaban J connectivity index is 2.34. The van der Waals surface area contributed by atoms with E-state index in [1.54, 1.807) is 0 Å². The zero-order valence-electron chi connectivity index (χ0n) is 11.6. The van der Waals surface area contributed by atoms with Gasteiger partial charge in [-0.3, -0.25) is 4.68 Å². The van der Waals surface area contributed by atoms with Crippen molar-refractivity contribution in [3.05, 3.63) is 52.3 Å². The molecule has 0 saturated heterocycles.